The molecule has 2 N–H and O–H groups in total. The maximum Gasteiger partial charge on any atom is 0.221 e. The van der Waals surface area contributed by atoms with Gasteiger partial charge in [0.25, 0.3) is 0 Å². The Bertz CT molecular complexity index is 493. The van der Waals surface area contributed by atoms with Gasteiger partial charge in [0, 0.05) is 39.7 Å². The van der Waals surface area contributed by atoms with Crippen LogP contribution < -0.4 is 10.6 Å². The van der Waals surface area contributed by atoms with Crippen LogP contribution in [0, 0.1) is 0 Å². The molecular weight excluding hydrogens is 400 g/mol. The molecule has 1 aromatic rings. The minimum Gasteiger partial charge on any atom is -0.378 e. The van der Waals surface area contributed by atoms with Gasteiger partial charge in [0.1, 0.15) is 0 Å². The Morgan fingerprint density at radius 1 is 1.43 bits per heavy atom. The van der Waals surface area contributed by atoms with Crippen LogP contribution in [0.5, 0.6) is 0 Å². The number of nitrogens with one attached hydrogen (secondary N) is 2. The second-order valence-corrected chi connectivity index (χ2v) is 8.72. The quantitative estimate of drug-likeness (QED) is 0.690. The van der Waals surface area contributed by atoms with Crippen LogP contribution in [0.25, 0.3) is 0 Å². The van der Waals surface area contributed by atoms with Crippen molar-refractivity contribution in [2.24, 2.45) is 0 Å². The van der Waals surface area contributed by atoms with E-state index < -0.39 is 0 Å². The maximum atomic E-state index is 12.0. The minimum atomic E-state index is -0.0556. The number of carbonyl (C=O) groups is 1. The molecule has 1 aliphatic rings. The molecule has 1 saturated heterocycles. The summed E-state index contributed by atoms with van der Waals surface area (Å²) in [7, 11) is 0. The number of hydrogen-bond acceptors (Lipinski definition) is 4. The average molecular weight is 424 g/mol. The molecule has 23 heavy (non-hydrogen) atoms. The molecule has 0 aliphatic carbocycles. The summed E-state index contributed by atoms with van der Waals surface area (Å²) in [5.74, 6) is 0.0764. The number of benzene rings is 1. The van der Waals surface area contributed by atoms with E-state index >= 15 is 0 Å². The van der Waals surface area contributed by atoms with E-state index in [0.29, 0.717) is 19.6 Å². The summed E-state index contributed by atoms with van der Waals surface area (Å²) in [6.45, 7) is 7.09. The lowest BCUT2D eigenvalue weighted by Gasteiger charge is -2.26. The molecule has 4 nitrogen and oxygen atoms in total. The molecule has 1 fully saturated rings. The smallest absolute Gasteiger partial charge is 0.221 e. The average Bonchev–Trinajstić information content (AvgIpc) is 2.49. The number of hydrogen-bond donors (Lipinski definition) is 2. The Kier molecular flexibility index (Phi) is 8.93. The maximum absolute atomic E-state index is 12.0. The molecule has 1 amide bonds. The van der Waals surface area contributed by atoms with E-state index in [9.17, 15) is 4.79 Å². The van der Waals surface area contributed by atoms with Gasteiger partial charge in [0.2, 0.25) is 5.91 Å². The molecule has 0 radical (unpaired) electrons. The zero-order valence-electron chi connectivity index (χ0n) is 13.4. The normalized spacial score (nSPS) is 18.1. The van der Waals surface area contributed by atoms with Crippen molar-refractivity contribution in [2.75, 3.05) is 26.3 Å². The first-order chi connectivity index (χ1) is 10.4. The predicted molar refractivity (Wildman–Crippen MR) is 102 cm³/mol. The first kappa shape index (κ1) is 20.8. The highest BCUT2D eigenvalue weighted by Gasteiger charge is 2.22. The summed E-state index contributed by atoms with van der Waals surface area (Å²) in [5, 5.41) is 6.33. The molecule has 1 aliphatic heterocycles. The van der Waals surface area contributed by atoms with Gasteiger partial charge in [0.05, 0.1) is 13.2 Å². The Balaban J connectivity index is 0.00000264. The van der Waals surface area contributed by atoms with Crippen LogP contribution in [-0.4, -0.2) is 43.0 Å². The highest BCUT2D eigenvalue weighted by Crippen LogP contribution is 2.32. The summed E-state index contributed by atoms with van der Waals surface area (Å²) >= 11 is 5.21. The van der Waals surface area contributed by atoms with Gasteiger partial charge in [-0.1, -0.05) is 15.9 Å². The molecule has 7 heteroatoms. The fourth-order valence-corrected chi connectivity index (χ4v) is 3.53. The van der Waals surface area contributed by atoms with Crippen LogP contribution in [0.2, 0.25) is 0 Å². The van der Waals surface area contributed by atoms with Crippen molar-refractivity contribution < 1.29 is 9.53 Å². The van der Waals surface area contributed by atoms with Gasteiger partial charge >= 0.3 is 0 Å². The van der Waals surface area contributed by atoms with Crippen LogP contribution in [0.15, 0.2) is 33.6 Å². The SMILES string of the molecule is CC(C)(CNC(=O)CC1COCCN1)Sc1ccc(Br)cc1.Cl. The third kappa shape index (κ3) is 7.90. The minimum absolute atomic E-state index is 0. The molecule has 1 heterocycles. The Hall–Kier alpha value is -0.270. The van der Waals surface area contributed by atoms with Crippen molar-refractivity contribution in [1.29, 1.82) is 0 Å². The number of rotatable bonds is 6. The van der Waals surface area contributed by atoms with Crippen LogP contribution in [0.4, 0.5) is 0 Å². The van der Waals surface area contributed by atoms with E-state index in [0.717, 1.165) is 17.6 Å². The lowest BCUT2D eigenvalue weighted by atomic mass is 10.1. The summed E-state index contributed by atoms with van der Waals surface area (Å²) in [6.07, 6.45) is 0.471. The first-order valence-electron chi connectivity index (χ1n) is 7.47. The van der Waals surface area contributed by atoms with E-state index in [-0.39, 0.29) is 29.1 Å². The van der Waals surface area contributed by atoms with Crippen molar-refractivity contribution >= 4 is 46.0 Å². The number of carbonyl (C=O) groups excluding carboxylic acids is 1. The molecule has 0 spiro atoms. The standard InChI is InChI=1S/C16H23BrN2O2S.ClH/c1-16(2,22-14-5-3-12(17)4-6-14)11-19-15(20)9-13-10-21-8-7-18-13;/h3-6,13,18H,7-11H2,1-2H3,(H,19,20);1H. The molecule has 1 atom stereocenters. The summed E-state index contributed by atoms with van der Waals surface area (Å²) in [6, 6.07) is 8.37. The molecule has 130 valence electrons. The van der Waals surface area contributed by atoms with Crippen LogP contribution >= 0.6 is 40.1 Å². The third-order valence-electron chi connectivity index (χ3n) is 3.35. The zero-order chi connectivity index (χ0) is 16.0. The Morgan fingerprint density at radius 2 is 2.13 bits per heavy atom. The fourth-order valence-electron chi connectivity index (χ4n) is 2.22. The monoisotopic (exact) mass is 422 g/mol. The molecule has 0 bridgehead atoms. The van der Waals surface area contributed by atoms with E-state index in [1.54, 1.807) is 11.8 Å². The van der Waals surface area contributed by atoms with Crippen molar-refractivity contribution in [3.63, 3.8) is 0 Å². The van der Waals surface area contributed by atoms with Gasteiger partial charge in [-0.25, -0.2) is 0 Å². The third-order valence-corrected chi connectivity index (χ3v) is 5.08. The molecule has 1 aromatic carbocycles. The molecule has 0 saturated carbocycles. The van der Waals surface area contributed by atoms with Crippen LogP contribution in [-0.2, 0) is 9.53 Å². The molecule has 1 unspecified atom stereocenters. The van der Waals surface area contributed by atoms with Crippen molar-refractivity contribution in [3.05, 3.63) is 28.7 Å². The van der Waals surface area contributed by atoms with Crippen LogP contribution in [0.1, 0.15) is 20.3 Å². The van der Waals surface area contributed by atoms with Gasteiger partial charge in [0.15, 0.2) is 0 Å². The van der Waals surface area contributed by atoms with Gasteiger partial charge < -0.3 is 15.4 Å². The largest absolute Gasteiger partial charge is 0.378 e. The number of ether oxygens (including phenoxy) is 1. The molecule has 2 rings (SSSR count). The van der Waals surface area contributed by atoms with Crippen molar-refractivity contribution in [1.82, 2.24) is 10.6 Å². The Labute approximate surface area is 157 Å². The van der Waals surface area contributed by atoms with E-state index in [2.05, 4.69) is 52.5 Å². The molecule has 0 aromatic heterocycles. The highest BCUT2D eigenvalue weighted by atomic mass is 79.9. The van der Waals surface area contributed by atoms with E-state index in [1.807, 2.05) is 12.1 Å². The van der Waals surface area contributed by atoms with Gasteiger partial charge in [-0.15, -0.1) is 24.2 Å². The van der Waals surface area contributed by atoms with Gasteiger partial charge in [-0.3, -0.25) is 4.79 Å². The van der Waals surface area contributed by atoms with Crippen LogP contribution in [0.3, 0.4) is 0 Å². The topological polar surface area (TPSA) is 50.4 Å². The lowest BCUT2D eigenvalue weighted by Crippen LogP contribution is -2.45. The number of halogens is 2. The predicted octanol–water partition coefficient (Wildman–Crippen LogP) is 3.24. The van der Waals surface area contributed by atoms with E-state index in [4.69, 9.17) is 4.74 Å². The zero-order valence-corrected chi connectivity index (χ0v) is 16.7. The summed E-state index contributed by atoms with van der Waals surface area (Å²) in [4.78, 5) is 13.2. The van der Waals surface area contributed by atoms with Gasteiger partial charge in [-0.05, 0) is 38.1 Å². The number of morpholine rings is 1. The first-order valence-corrected chi connectivity index (χ1v) is 9.08. The van der Waals surface area contributed by atoms with Crippen molar-refractivity contribution in [3.8, 4) is 0 Å². The summed E-state index contributed by atoms with van der Waals surface area (Å²) < 4.78 is 6.39. The fraction of sp³-hybridized carbons (Fsp3) is 0.562. The van der Waals surface area contributed by atoms with Crippen molar-refractivity contribution in [2.45, 2.75) is 36.0 Å². The number of amides is 1. The Morgan fingerprint density at radius 3 is 2.74 bits per heavy atom. The van der Waals surface area contributed by atoms with Gasteiger partial charge in [-0.2, -0.15) is 0 Å². The highest BCUT2D eigenvalue weighted by molar-refractivity contribution is 9.10. The number of thioether (sulfide) groups is 1. The summed E-state index contributed by atoms with van der Waals surface area (Å²) in [5.41, 5.74) is 0. The second kappa shape index (κ2) is 9.89. The lowest BCUT2D eigenvalue weighted by molar-refractivity contribution is -0.122. The molecular formula is C16H24BrClN2O2S. The van der Waals surface area contributed by atoms with E-state index in [1.165, 1.54) is 4.90 Å². The second-order valence-electron chi connectivity index (χ2n) is 6.02.